The van der Waals surface area contributed by atoms with Crippen LogP contribution in [0.2, 0.25) is 0 Å². The first-order valence-electron chi connectivity index (χ1n) is 10.6. The Labute approximate surface area is 185 Å². The SMILES string of the molecule is CCc1ccc(-c2cc(NC(=O)CNC(=O)c3ccc(N4CCCC4=O)cc3)on2)cc1. The maximum absolute atomic E-state index is 12.3. The van der Waals surface area contributed by atoms with Crippen LogP contribution < -0.4 is 15.5 Å². The minimum Gasteiger partial charge on any atom is -0.343 e. The van der Waals surface area contributed by atoms with Gasteiger partial charge in [-0.25, -0.2) is 0 Å². The van der Waals surface area contributed by atoms with Gasteiger partial charge >= 0.3 is 0 Å². The number of aryl methyl sites for hydroxylation is 1. The highest BCUT2D eigenvalue weighted by Gasteiger charge is 2.21. The molecule has 0 atom stereocenters. The summed E-state index contributed by atoms with van der Waals surface area (Å²) in [5.41, 5.74) is 3.90. The zero-order valence-electron chi connectivity index (χ0n) is 17.8. The number of hydrogen-bond acceptors (Lipinski definition) is 5. The van der Waals surface area contributed by atoms with Crippen LogP contribution in [0.25, 0.3) is 11.3 Å². The first-order chi connectivity index (χ1) is 15.5. The van der Waals surface area contributed by atoms with Gasteiger partial charge in [0.2, 0.25) is 17.7 Å². The normalized spacial score (nSPS) is 13.3. The van der Waals surface area contributed by atoms with Crippen LogP contribution in [0.4, 0.5) is 11.6 Å². The van der Waals surface area contributed by atoms with Crippen molar-refractivity contribution in [1.29, 1.82) is 0 Å². The maximum atomic E-state index is 12.3. The third-order valence-electron chi connectivity index (χ3n) is 5.35. The average molecular weight is 432 g/mol. The Balaban J connectivity index is 1.28. The smallest absolute Gasteiger partial charge is 0.251 e. The fourth-order valence-electron chi connectivity index (χ4n) is 3.54. The number of nitrogens with zero attached hydrogens (tertiary/aromatic N) is 2. The van der Waals surface area contributed by atoms with Crippen molar-refractivity contribution in [3.8, 4) is 11.3 Å². The van der Waals surface area contributed by atoms with Crippen molar-refractivity contribution < 1.29 is 18.9 Å². The summed E-state index contributed by atoms with van der Waals surface area (Å²) in [4.78, 5) is 38.0. The van der Waals surface area contributed by atoms with E-state index in [1.54, 1.807) is 35.2 Å². The van der Waals surface area contributed by atoms with Gasteiger partial charge in [0.1, 0.15) is 5.69 Å². The highest BCUT2D eigenvalue weighted by Crippen LogP contribution is 2.23. The van der Waals surface area contributed by atoms with E-state index in [0.717, 1.165) is 24.1 Å². The molecule has 1 fully saturated rings. The first kappa shape index (κ1) is 21.3. The standard InChI is InChI=1S/C24H24N4O4/c1-2-16-5-7-17(8-6-16)20-14-22(32-27-20)26-21(29)15-25-24(31)18-9-11-19(12-10-18)28-13-3-4-23(28)30/h5-12,14H,2-4,13,15H2,1H3,(H,25,31)(H,26,29). The molecule has 2 N–H and O–H groups in total. The largest absolute Gasteiger partial charge is 0.343 e. The summed E-state index contributed by atoms with van der Waals surface area (Å²) in [5.74, 6) is -0.513. The molecule has 2 aromatic carbocycles. The van der Waals surface area contributed by atoms with E-state index in [0.29, 0.717) is 24.2 Å². The van der Waals surface area contributed by atoms with Crippen molar-refractivity contribution in [2.75, 3.05) is 23.3 Å². The van der Waals surface area contributed by atoms with Crippen LogP contribution in [0.3, 0.4) is 0 Å². The molecule has 2 heterocycles. The van der Waals surface area contributed by atoms with Crippen LogP contribution in [0.5, 0.6) is 0 Å². The first-order valence-corrected chi connectivity index (χ1v) is 10.6. The number of aromatic nitrogens is 1. The van der Waals surface area contributed by atoms with Gasteiger partial charge < -0.3 is 14.7 Å². The summed E-state index contributed by atoms with van der Waals surface area (Å²) >= 11 is 0. The van der Waals surface area contributed by atoms with E-state index in [1.807, 2.05) is 24.3 Å². The fourth-order valence-corrected chi connectivity index (χ4v) is 3.54. The number of rotatable bonds is 7. The Hall–Kier alpha value is -3.94. The molecular weight excluding hydrogens is 408 g/mol. The lowest BCUT2D eigenvalue weighted by Gasteiger charge is -2.15. The van der Waals surface area contributed by atoms with Crippen LogP contribution in [0, 0.1) is 0 Å². The Morgan fingerprint density at radius 3 is 2.50 bits per heavy atom. The molecule has 1 saturated heterocycles. The number of nitrogens with one attached hydrogen (secondary N) is 2. The molecule has 1 aliphatic rings. The predicted molar refractivity (Wildman–Crippen MR) is 120 cm³/mol. The van der Waals surface area contributed by atoms with Gasteiger partial charge in [-0.3, -0.25) is 19.7 Å². The fraction of sp³-hybridized carbons (Fsp3) is 0.250. The summed E-state index contributed by atoms with van der Waals surface area (Å²) in [6.45, 7) is 2.56. The predicted octanol–water partition coefficient (Wildman–Crippen LogP) is 3.40. The van der Waals surface area contributed by atoms with E-state index in [-0.39, 0.29) is 24.2 Å². The van der Waals surface area contributed by atoms with E-state index < -0.39 is 5.91 Å². The molecular formula is C24H24N4O4. The van der Waals surface area contributed by atoms with Gasteiger partial charge in [0, 0.05) is 35.8 Å². The number of anilines is 2. The lowest BCUT2D eigenvalue weighted by molar-refractivity contribution is -0.117. The van der Waals surface area contributed by atoms with E-state index in [1.165, 1.54) is 5.56 Å². The Morgan fingerprint density at radius 2 is 1.84 bits per heavy atom. The molecule has 3 amide bonds. The van der Waals surface area contributed by atoms with Crippen molar-refractivity contribution in [1.82, 2.24) is 10.5 Å². The van der Waals surface area contributed by atoms with Gasteiger partial charge in [-0.05, 0) is 42.7 Å². The molecule has 8 heteroatoms. The van der Waals surface area contributed by atoms with Gasteiger partial charge in [-0.15, -0.1) is 0 Å². The molecule has 0 unspecified atom stereocenters. The second kappa shape index (κ2) is 9.47. The molecule has 0 bridgehead atoms. The van der Waals surface area contributed by atoms with Crippen LogP contribution in [-0.2, 0) is 16.0 Å². The molecule has 164 valence electrons. The second-order valence-electron chi connectivity index (χ2n) is 7.55. The van der Waals surface area contributed by atoms with E-state index >= 15 is 0 Å². The minimum atomic E-state index is -0.429. The number of benzene rings is 2. The lowest BCUT2D eigenvalue weighted by atomic mass is 10.1. The molecule has 8 nitrogen and oxygen atoms in total. The average Bonchev–Trinajstić information content (AvgIpc) is 3.46. The number of amides is 3. The molecule has 0 saturated carbocycles. The van der Waals surface area contributed by atoms with Crippen molar-refractivity contribution in [3.63, 3.8) is 0 Å². The topological polar surface area (TPSA) is 105 Å². The highest BCUT2D eigenvalue weighted by molar-refractivity contribution is 6.00. The molecule has 1 aromatic heterocycles. The lowest BCUT2D eigenvalue weighted by Crippen LogP contribution is -2.32. The zero-order valence-corrected chi connectivity index (χ0v) is 17.8. The summed E-state index contributed by atoms with van der Waals surface area (Å²) in [6, 6.07) is 16.3. The third-order valence-corrected chi connectivity index (χ3v) is 5.35. The van der Waals surface area contributed by atoms with Gasteiger partial charge in [0.25, 0.3) is 5.91 Å². The van der Waals surface area contributed by atoms with Crippen molar-refractivity contribution in [3.05, 3.63) is 65.7 Å². The van der Waals surface area contributed by atoms with E-state index in [4.69, 9.17) is 4.52 Å². The molecule has 4 rings (SSSR count). The number of carbonyl (C=O) groups is 3. The molecule has 0 aliphatic carbocycles. The van der Waals surface area contributed by atoms with E-state index in [9.17, 15) is 14.4 Å². The number of carbonyl (C=O) groups excluding carboxylic acids is 3. The Morgan fingerprint density at radius 1 is 1.09 bits per heavy atom. The van der Waals surface area contributed by atoms with E-state index in [2.05, 4.69) is 22.7 Å². The quantitative estimate of drug-likeness (QED) is 0.595. The second-order valence-corrected chi connectivity index (χ2v) is 7.55. The monoisotopic (exact) mass is 432 g/mol. The van der Waals surface area contributed by atoms with Gasteiger partial charge in [-0.1, -0.05) is 36.3 Å². The van der Waals surface area contributed by atoms with Gasteiger partial charge in [0.15, 0.2) is 0 Å². The molecule has 0 spiro atoms. The summed E-state index contributed by atoms with van der Waals surface area (Å²) < 4.78 is 5.18. The van der Waals surface area contributed by atoms with Crippen molar-refractivity contribution >= 4 is 29.3 Å². The van der Waals surface area contributed by atoms with Crippen LogP contribution >= 0.6 is 0 Å². The zero-order chi connectivity index (χ0) is 22.5. The molecule has 1 aliphatic heterocycles. The summed E-state index contributed by atoms with van der Waals surface area (Å²) in [5, 5.41) is 9.14. The maximum Gasteiger partial charge on any atom is 0.251 e. The Kier molecular flexibility index (Phi) is 6.30. The highest BCUT2D eigenvalue weighted by atomic mass is 16.5. The van der Waals surface area contributed by atoms with Crippen molar-refractivity contribution in [2.45, 2.75) is 26.2 Å². The van der Waals surface area contributed by atoms with Crippen LogP contribution in [0.1, 0.15) is 35.7 Å². The third kappa shape index (κ3) is 4.85. The molecule has 3 aromatic rings. The van der Waals surface area contributed by atoms with Crippen LogP contribution in [-0.4, -0.2) is 36.0 Å². The number of hydrogen-bond donors (Lipinski definition) is 2. The molecule has 32 heavy (non-hydrogen) atoms. The van der Waals surface area contributed by atoms with Crippen molar-refractivity contribution in [2.24, 2.45) is 0 Å². The minimum absolute atomic E-state index is 0.0902. The van der Waals surface area contributed by atoms with Gasteiger partial charge in [0.05, 0.1) is 6.54 Å². The summed E-state index contributed by atoms with van der Waals surface area (Å²) in [6.07, 6.45) is 2.34. The summed E-state index contributed by atoms with van der Waals surface area (Å²) in [7, 11) is 0. The molecule has 0 radical (unpaired) electrons. The van der Waals surface area contributed by atoms with Crippen LogP contribution in [0.15, 0.2) is 59.1 Å². The Bertz CT molecular complexity index is 1120. The van der Waals surface area contributed by atoms with Gasteiger partial charge in [-0.2, -0.15) is 0 Å².